The Balaban J connectivity index is 3.29. The van der Waals surface area contributed by atoms with Crippen LogP contribution in [0.4, 0.5) is 0 Å². The normalized spacial score (nSPS) is 27.2. The van der Waals surface area contributed by atoms with Crippen molar-refractivity contribution in [3.8, 4) is 0 Å². The molecular formula is C16H23NO9S. The van der Waals surface area contributed by atoms with Crippen molar-refractivity contribution in [3.63, 3.8) is 0 Å². The SMILES string of the molecule is CC(=O)N[C@@H]1[C@@H](OC(C)=O)O[C@H](COC(C)=O)[C@@H](OC(C)=O)[C@@H]1SC(C)=O. The molecule has 0 unspecified atom stereocenters. The molecule has 11 heteroatoms. The van der Waals surface area contributed by atoms with Gasteiger partial charge >= 0.3 is 17.9 Å². The zero-order valence-corrected chi connectivity index (χ0v) is 16.5. The first-order valence-electron chi connectivity index (χ1n) is 8.08. The van der Waals surface area contributed by atoms with E-state index in [4.69, 9.17) is 18.9 Å². The second kappa shape index (κ2) is 10.3. The summed E-state index contributed by atoms with van der Waals surface area (Å²) in [5, 5.41) is 1.41. The molecule has 1 saturated heterocycles. The van der Waals surface area contributed by atoms with E-state index in [0.29, 0.717) is 0 Å². The first-order valence-corrected chi connectivity index (χ1v) is 8.96. The molecule has 0 aromatic carbocycles. The van der Waals surface area contributed by atoms with Gasteiger partial charge in [-0.2, -0.15) is 0 Å². The number of rotatable bonds is 6. The van der Waals surface area contributed by atoms with Gasteiger partial charge in [0, 0.05) is 34.6 Å². The van der Waals surface area contributed by atoms with Crippen molar-refractivity contribution in [3.05, 3.63) is 0 Å². The van der Waals surface area contributed by atoms with Gasteiger partial charge in [0.15, 0.2) is 5.12 Å². The maximum atomic E-state index is 11.8. The van der Waals surface area contributed by atoms with Gasteiger partial charge in [0.25, 0.3) is 0 Å². The molecule has 1 rings (SSSR count). The first kappa shape index (κ1) is 22.9. The molecule has 27 heavy (non-hydrogen) atoms. The van der Waals surface area contributed by atoms with Crippen LogP contribution in [0.15, 0.2) is 0 Å². The fraction of sp³-hybridized carbons (Fsp3) is 0.688. The summed E-state index contributed by atoms with van der Waals surface area (Å²) in [6.07, 6.45) is -3.32. The molecule has 1 amide bonds. The van der Waals surface area contributed by atoms with Crippen LogP contribution < -0.4 is 5.32 Å². The van der Waals surface area contributed by atoms with Gasteiger partial charge in [-0.05, 0) is 0 Å². The van der Waals surface area contributed by atoms with Crippen molar-refractivity contribution >= 4 is 40.7 Å². The van der Waals surface area contributed by atoms with Gasteiger partial charge in [-0.25, -0.2) is 0 Å². The molecule has 0 aliphatic carbocycles. The van der Waals surface area contributed by atoms with Crippen LogP contribution in [-0.4, -0.2) is 65.3 Å². The van der Waals surface area contributed by atoms with E-state index in [1.54, 1.807) is 0 Å². The molecule has 1 fully saturated rings. The molecule has 1 heterocycles. The third kappa shape index (κ3) is 7.55. The van der Waals surface area contributed by atoms with E-state index in [1.165, 1.54) is 27.7 Å². The molecule has 0 saturated carbocycles. The lowest BCUT2D eigenvalue weighted by atomic mass is 9.99. The van der Waals surface area contributed by atoms with E-state index in [-0.39, 0.29) is 11.7 Å². The summed E-state index contributed by atoms with van der Waals surface area (Å²) < 4.78 is 21.0. The highest BCUT2D eigenvalue weighted by Gasteiger charge is 2.51. The van der Waals surface area contributed by atoms with Gasteiger partial charge < -0.3 is 24.3 Å². The van der Waals surface area contributed by atoms with Crippen LogP contribution in [0.1, 0.15) is 34.6 Å². The Labute approximate surface area is 160 Å². The van der Waals surface area contributed by atoms with Crippen LogP contribution in [0.5, 0.6) is 0 Å². The third-order valence-corrected chi connectivity index (χ3v) is 4.52. The molecule has 1 aliphatic rings. The molecule has 152 valence electrons. The molecule has 5 atom stereocenters. The molecule has 1 N–H and O–H groups in total. The standard InChI is InChI=1S/C16H23NO9S/c1-7(18)17-13-15(27-11(5)22)14(24-9(3)20)12(6-23-8(2)19)26-16(13)25-10(4)21/h12-16H,6H2,1-5H3,(H,17,18)/t12-,13+,14-,15-,16+/m1/s1. The Morgan fingerprint density at radius 1 is 0.926 bits per heavy atom. The van der Waals surface area contributed by atoms with E-state index in [0.717, 1.165) is 18.7 Å². The van der Waals surface area contributed by atoms with Crippen LogP contribution in [0.25, 0.3) is 0 Å². The first-order chi connectivity index (χ1) is 12.5. The minimum atomic E-state index is -1.27. The van der Waals surface area contributed by atoms with Gasteiger partial charge in [-0.1, -0.05) is 11.8 Å². The van der Waals surface area contributed by atoms with Crippen molar-refractivity contribution in [1.82, 2.24) is 5.32 Å². The zero-order valence-electron chi connectivity index (χ0n) is 15.7. The van der Waals surface area contributed by atoms with Gasteiger partial charge in [-0.15, -0.1) is 0 Å². The van der Waals surface area contributed by atoms with E-state index >= 15 is 0 Å². The summed E-state index contributed by atoms with van der Waals surface area (Å²) in [7, 11) is 0. The maximum absolute atomic E-state index is 11.8. The maximum Gasteiger partial charge on any atom is 0.305 e. The predicted molar refractivity (Wildman–Crippen MR) is 92.3 cm³/mol. The van der Waals surface area contributed by atoms with E-state index in [1.807, 2.05) is 0 Å². The molecule has 0 aromatic heterocycles. The number of amides is 1. The molecule has 0 radical (unpaired) electrons. The molecule has 0 bridgehead atoms. The quantitative estimate of drug-likeness (QED) is 0.472. The number of esters is 3. The Hall–Kier alpha value is -2.14. The van der Waals surface area contributed by atoms with Crippen molar-refractivity contribution in [2.45, 2.75) is 64.4 Å². The van der Waals surface area contributed by atoms with Crippen LogP contribution >= 0.6 is 11.8 Å². The highest BCUT2D eigenvalue weighted by Crippen LogP contribution is 2.33. The average molecular weight is 405 g/mol. The zero-order chi connectivity index (χ0) is 20.7. The molecular weight excluding hydrogens is 382 g/mol. The Morgan fingerprint density at radius 2 is 1.52 bits per heavy atom. The minimum Gasteiger partial charge on any atom is -0.463 e. The lowest BCUT2D eigenvalue weighted by molar-refractivity contribution is -0.241. The van der Waals surface area contributed by atoms with Crippen molar-refractivity contribution in [1.29, 1.82) is 0 Å². The number of hydrogen-bond acceptors (Lipinski definition) is 10. The smallest absolute Gasteiger partial charge is 0.305 e. The minimum absolute atomic E-state index is 0.299. The summed E-state index contributed by atoms with van der Waals surface area (Å²) in [4.78, 5) is 57.5. The van der Waals surface area contributed by atoms with Gasteiger partial charge in [0.05, 0.1) is 5.25 Å². The number of nitrogens with one attached hydrogen (secondary N) is 1. The lowest BCUT2D eigenvalue weighted by Crippen LogP contribution is -2.64. The van der Waals surface area contributed by atoms with Crippen LogP contribution in [0.2, 0.25) is 0 Å². The summed E-state index contributed by atoms with van der Waals surface area (Å²) in [6.45, 7) is 5.76. The summed E-state index contributed by atoms with van der Waals surface area (Å²) >= 11 is 0.802. The Bertz CT molecular complexity index is 609. The molecule has 0 spiro atoms. The van der Waals surface area contributed by atoms with Crippen LogP contribution in [0, 0.1) is 0 Å². The fourth-order valence-electron chi connectivity index (χ4n) is 2.55. The molecule has 0 aromatic rings. The number of ether oxygens (including phenoxy) is 4. The second-order valence-corrected chi connectivity index (χ2v) is 7.18. The van der Waals surface area contributed by atoms with Crippen molar-refractivity contribution in [2.24, 2.45) is 0 Å². The highest BCUT2D eigenvalue weighted by molar-refractivity contribution is 8.14. The third-order valence-electron chi connectivity index (χ3n) is 3.35. The summed E-state index contributed by atoms with van der Waals surface area (Å²) in [6, 6.07) is -0.974. The van der Waals surface area contributed by atoms with Gasteiger partial charge in [0.1, 0.15) is 24.9 Å². The monoisotopic (exact) mass is 405 g/mol. The van der Waals surface area contributed by atoms with Gasteiger partial charge in [0.2, 0.25) is 12.2 Å². The largest absolute Gasteiger partial charge is 0.463 e. The topological polar surface area (TPSA) is 134 Å². The van der Waals surface area contributed by atoms with E-state index < -0.39 is 53.6 Å². The van der Waals surface area contributed by atoms with Gasteiger partial charge in [-0.3, -0.25) is 24.0 Å². The van der Waals surface area contributed by atoms with Crippen LogP contribution in [0.3, 0.4) is 0 Å². The van der Waals surface area contributed by atoms with Crippen LogP contribution in [-0.2, 0) is 42.9 Å². The lowest BCUT2D eigenvalue weighted by Gasteiger charge is -2.44. The second-order valence-electron chi connectivity index (χ2n) is 5.83. The number of carbonyl (C=O) groups is 5. The molecule has 1 aliphatic heterocycles. The number of hydrogen-bond donors (Lipinski definition) is 1. The van der Waals surface area contributed by atoms with Crippen molar-refractivity contribution in [2.75, 3.05) is 6.61 Å². The Kier molecular flexibility index (Phi) is 8.70. The fourth-order valence-corrected chi connectivity index (χ4v) is 3.65. The highest BCUT2D eigenvalue weighted by atomic mass is 32.2. The number of thioether (sulfide) groups is 1. The van der Waals surface area contributed by atoms with Crippen molar-refractivity contribution < 1.29 is 42.9 Å². The summed E-state index contributed by atoms with van der Waals surface area (Å²) in [5.41, 5.74) is 0. The predicted octanol–water partition coefficient (Wildman–Crippen LogP) is -0.0778. The van der Waals surface area contributed by atoms with E-state index in [9.17, 15) is 24.0 Å². The number of carbonyl (C=O) groups excluding carboxylic acids is 5. The summed E-state index contributed by atoms with van der Waals surface area (Å²) in [5.74, 6) is -2.39. The Morgan fingerprint density at radius 3 is 1.96 bits per heavy atom. The average Bonchev–Trinajstić information content (AvgIpc) is 2.49. The van der Waals surface area contributed by atoms with E-state index in [2.05, 4.69) is 5.32 Å². The molecule has 10 nitrogen and oxygen atoms in total.